The Morgan fingerprint density at radius 1 is 1.58 bits per heavy atom. The summed E-state index contributed by atoms with van der Waals surface area (Å²) in [5, 5.41) is 33.1. The predicted molar refractivity (Wildman–Crippen MR) is 82.4 cm³/mol. The maximum atomic E-state index is 9.99. The highest BCUT2D eigenvalue weighted by molar-refractivity contribution is 5.65. The topological polar surface area (TPSA) is 139 Å². The summed E-state index contributed by atoms with van der Waals surface area (Å²) in [6, 6.07) is 5.48. The van der Waals surface area contributed by atoms with Crippen LogP contribution in [0.5, 0.6) is 0 Å². The van der Waals surface area contributed by atoms with Crippen molar-refractivity contribution < 1.29 is 19.7 Å². The van der Waals surface area contributed by atoms with Crippen LogP contribution in [0, 0.1) is 11.3 Å². The van der Waals surface area contributed by atoms with Crippen molar-refractivity contribution in [1.29, 1.82) is 5.26 Å². The van der Waals surface area contributed by atoms with Crippen molar-refractivity contribution in [2.24, 2.45) is 0 Å². The number of anilines is 1. The molecule has 1 fully saturated rings. The Morgan fingerprint density at radius 2 is 2.33 bits per heavy atom. The van der Waals surface area contributed by atoms with Crippen molar-refractivity contribution in [3.05, 3.63) is 24.2 Å². The van der Waals surface area contributed by atoms with Crippen LogP contribution in [0.15, 0.2) is 18.5 Å². The molecule has 0 aliphatic carbocycles. The van der Waals surface area contributed by atoms with Crippen LogP contribution in [0.25, 0.3) is 5.52 Å². The van der Waals surface area contributed by atoms with E-state index >= 15 is 0 Å². The third-order valence-corrected chi connectivity index (χ3v) is 3.92. The molecular formula is C15H19N5O4. The van der Waals surface area contributed by atoms with Gasteiger partial charge < -0.3 is 25.4 Å². The lowest BCUT2D eigenvalue weighted by molar-refractivity contribution is -0.215. The van der Waals surface area contributed by atoms with E-state index in [2.05, 4.69) is 10.1 Å². The second-order valence-electron chi connectivity index (χ2n) is 6.31. The van der Waals surface area contributed by atoms with Crippen LogP contribution in [0.2, 0.25) is 0 Å². The van der Waals surface area contributed by atoms with Gasteiger partial charge in [-0.15, -0.1) is 0 Å². The van der Waals surface area contributed by atoms with Gasteiger partial charge in [-0.05, 0) is 26.0 Å². The number of aliphatic hydroxyl groups is 2. The SMILES string of the molecule is CC(C)(O)O[C@@H]1C[C@@](C#N)(CO)O[C@H]1c1ccc2c(N)ncnn12. The lowest BCUT2D eigenvalue weighted by Crippen LogP contribution is -2.34. The van der Waals surface area contributed by atoms with Gasteiger partial charge in [0.2, 0.25) is 0 Å². The fourth-order valence-corrected chi connectivity index (χ4v) is 2.92. The Morgan fingerprint density at radius 3 is 2.96 bits per heavy atom. The van der Waals surface area contributed by atoms with Gasteiger partial charge >= 0.3 is 0 Å². The van der Waals surface area contributed by atoms with Gasteiger partial charge in [-0.2, -0.15) is 10.4 Å². The maximum Gasteiger partial charge on any atom is 0.180 e. The van der Waals surface area contributed by atoms with E-state index in [-0.39, 0.29) is 6.42 Å². The fraction of sp³-hybridized carbons (Fsp3) is 0.533. The van der Waals surface area contributed by atoms with Crippen molar-refractivity contribution in [2.75, 3.05) is 12.3 Å². The summed E-state index contributed by atoms with van der Waals surface area (Å²) in [6.07, 6.45) is 0.0738. The van der Waals surface area contributed by atoms with Gasteiger partial charge in [0.1, 0.15) is 24.0 Å². The molecule has 0 aromatic carbocycles. The molecule has 128 valence electrons. The molecule has 3 heterocycles. The Labute approximate surface area is 138 Å². The van der Waals surface area contributed by atoms with Gasteiger partial charge in [0.05, 0.1) is 18.4 Å². The zero-order chi connectivity index (χ0) is 17.5. The minimum absolute atomic E-state index is 0.114. The summed E-state index contributed by atoms with van der Waals surface area (Å²) in [5.41, 5.74) is 5.62. The summed E-state index contributed by atoms with van der Waals surface area (Å²) in [5.74, 6) is -1.11. The number of ether oxygens (including phenoxy) is 2. The Balaban J connectivity index is 2.05. The number of rotatable bonds is 4. The molecule has 9 nitrogen and oxygen atoms in total. The number of aromatic nitrogens is 3. The average Bonchev–Trinajstić information content (AvgIpc) is 3.08. The molecule has 1 aliphatic heterocycles. The van der Waals surface area contributed by atoms with Crippen LogP contribution < -0.4 is 5.73 Å². The third-order valence-electron chi connectivity index (χ3n) is 3.92. The Hall–Kier alpha value is -2.25. The molecule has 2 aromatic rings. The Bertz CT molecular complexity index is 793. The molecular weight excluding hydrogens is 314 g/mol. The molecule has 0 saturated carbocycles. The summed E-state index contributed by atoms with van der Waals surface area (Å²) in [6.45, 7) is 2.50. The molecule has 24 heavy (non-hydrogen) atoms. The van der Waals surface area contributed by atoms with Crippen LogP contribution in [-0.4, -0.2) is 48.9 Å². The maximum absolute atomic E-state index is 9.99. The lowest BCUT2D eigenvalue weighted by Gasteiger charge is -2.26. The molecule has 0 spiro atoms. The number of fused-ring (bicyclic) bond motifs is 1. The number of aliphatic hydroxyl groups excluding tert-OH is 1. The molecule has 0 bridgehead atoms. The highest BCUT2D eigenvalue weighted by Gasteiger charge is 2.50. The van der Waals surface area contributed by atoms with Gasteiger partial charge in [-0.25, -0.2) is 9.50 Å². The predicted octanol–water partition coefficient (Wildman–Crippen LogP) is 0.141. The standard InChI is InChI=1S/C15H19N5O4/c1-14(2,22)23-11-5-15(6-16,7-21)24-12(11)9-3-4-10-13(17)18-8-19-20(9)10/h3-4,8,11-12,21-22H,5,7H2,1-2H3,(H2,17,18,19)/t11-,12+,15-/m1/s1. The minimum atomic E-state index is -1.42. The van der Waals surface area contributed by atoms with Crippen LogP contribution in [0.1, 0.15) is 32.1 Å². The highest BCUT2D eigenvalue weighted by Crippen LogP contribution is 2.42. The van der Waals surface area contributed by atoms with E-state index < -0.39 is 30.2 Å². The van der Waals surface area contributed by atoms with E-state index in [1.54, 1.807) is 16.6 Å². The number of hydrogen-bond donors (Lipinski definition) is 3. The van der Waals surface area contributed by atoms with E-state index in [0.29, 0.717) is 17.0 Å². The van der Waals surface area contributed by atoms with Crippen LogP contribution >= 0.6 is 0 Å². The zero-order valence-corrected chi connectivity index (χ0v) is 13.4. The van der Waals surface area contributed by atoms with Crippen molar-refractivity contribution >= 4 is 11.3 Å². The van der Waals surface area contributed by atoms with Crippen LogP contribution in [0.4, 0.5) is 5.82 Å². The average molecular weight is 333 g/mol. The summed E-state index contributed by atoms with van der Waals surface area (Å²) < 4.78 is 13.0. The van der Waals surface area contributed by atoms with Crippen molar-refractivity contribution in [1.82, 2.24) is 14.6 Å². The van der Waals surface area contributed by atoms with Gasteiger partial charge in [0.25, 0.3) is 0 Å². The molecule has 3 rings (SSSR count). The first-order chi connectivity index (χ1) is 11.3. The summed E-state index contributed by atoms with van der Waals surface area (Å²) in [4.78, 5) is 3.93. The van der Waals surface area contributed by atoms with E-state index in [9.17, 15) is 15.5 Å². The minimum Gasteiger partial charge on any atom is -0.392 e. The molecule has 4 N–H and O–H groups in total. The van der Waals surface area contributed by atoms with Crippen molar-refractivity contribution in [3.8, 4) is 6.07 Å². The van der Waals surface area contributed by atoms with Gasteiger partial charge in [-0.1, -0.05) is 0 Å². The first-order valence-corrected chi connectivity index (χ1v) is 7.47. The van der Waals surface area contributed by atoms with Gasteiger partial charge in [0.15, 0.2) is 17.2 Å². The molecule has 1 saturated heterocycles. The quantitative estimate of drug-likeness (QED) is 0.671. The van der Waals surface area contributed by atoms with Gasteiger partial charge in [-0.3, -0.25) is 0 Å². The van der Waals surface area contributed by atoms with Crippen LogP contribution in [-0.2, 0) is 9.47 Å². The highest BCUT2D eigenvalue weighted by atomic mass is 16.7. The van der Waals surface area contributed by atoms with Crippen molar-refractivity contribution in [2.45, 2.75) is 43.9 Å². The number of nitrogens with two attached hydrogens (primary N) is 1. The molecule has 9 heteroatoms. The third kappa shape index (κ3) is 2.81. The zero-order valence-electron chi connectivity index (χ0n) is 13.4. The second-order valence-corrected chi connectivity index (χ2v) is 6.31. The second kappa shape index (κ2) is 5.68. The molecule has 0 amide bonds. The normalized spacial score (nSPS) is 27.5. The molecule has 0 unspecified atom stereocenters. The number of nitriles is 1. The molecule has 2 aromatic heterocycles. The molecule has 1 aliphatic rings. The largest absolute Gasteiger partial charge is 0.392 e. The Kier molecular flexibility index (Phi) is 3.93. The van der Waals surface area contributed by atoms with E-state index in [1.165, 1.54) is 20.2 Å². The first-order valence-electron chi connectivity index (χ1n) is 7.47. The van der Waals surface area contributed by atoms with Crippen molar-refractivity contribution in [3.63, 3.8) is 0 Å². The van der Waals surface area contributed by atoms with E-state index in [0.717, 1.165) is 0 Å². The molecule has 3 atom stereocenters. The number of nitrogens with zero attached hydrogens (tertiary/aromatic N) is 4. The summed E-state index contributed by atoms with van der Waals surface area (Å²) >= 11 is 0. The summed E-state index contributed by atoms with van der Waals surface area (Å²) in [7, 11) is 0. The fourth-order valence-electron chi connectivity index (χ4n) is 2.92. The molecule has 0 radical (unpaired) electrons. The van der Waals surface area contributed by atoms with E-state index in [4.69, 9.17) is 15.2 Å². The van der Waals surface area contributed by atoms with E-state index in [1.807, 2.05) is 6.07 Å². The number of hydrogen-bond acceptors (Lipinski definition) is 8. The lowest BCUT2D eigenvalue weighted by atomic mass is 9.99. The number of nitrogen functional groups attached to an aromatic ring is 1. The smallest absolute Gasteiger partial charge is 0.180 e. The van der Waals surface area contributed by atoms with Gasteiger partial charge in [0, 0.05) is 6.42 Å². The van der Waals surface area contributed by atoms with Crippen LogP contribution in [0.3, 0.4) is 0 Å². The first kappa shape index (κ1) is 16.6. The monoisotopic (exact) mass is 333 g/mol.